The number of benzene rings is 2. The fraction of sp³-hybridized carbons (Fsp3) is 0.160. The van der Waals surface area contributed by atoms with E-state index in [0.717, 1.165) is 24.1 Å². The highest BCUT2D eigenvalue weighted by molar-refractivity contribution is 6.02. The number of fused-ring (bicyclic) bond motifs is 1. The first-order valence-corrected chi connectivity index (χ1v) is 10.8. The summed E-state index contributed by atoms with van der Waals surface area (Å²) in [7, 11) is 0. The SMILES string of the molecule is C=CC(=O)N(CC1(n2nc(-c3ccc(C(N)=O)cc3)c3c(N)ncnc32)CC1)c1ccccc1. The van der Waals surface area contributed by atoms with Gasteiger partial charge in [-0.2, -0.15) is 5.10 Å². The maximum Gasteiger partial charge on any atom is 0.250 e. The van der Waals surface area contributed by atoms with Crippen molar-refractivity contribution in [1.82, 2.24) is 19.7 Å². The summed E-state index contributed by atoms with van der Waals surface area (Å²) in [6.45, 7) is 4.08. The zero-order valence-corrected chi connectivity index (χ0v) is 18.4. The molecule has 0 spiro atoms. The molecule has 1 aliphatic rings. The minimum atomic E-state index is -0.505. The Hall–Kier alpha value is -4.53. The molecule has 0 bridgehead atoms. The van der Waals surface area contributed by atoms with E-state index in [2.05, 4.69) is 16.5 Å². The fourth-order valence-electron chi connectivity index (χ4n) is 4.19. The molecule has 0 saturated heterocycles. The van der Waals surface area contributed by atoms with Crippen LogP contribution in [0.2, 0.25) is 0 Å². The summed E-state index contributed by atoms with van der Waals surface area (Å²) in [5, 5.41) is 5.54. The minimum absolute atomic E-state index is 0.189. The highest BCUT2D eigenvalue weighted by Crippen LogP contribution is 2.47. The van der Waals surface area contributed by atoms with Crippen molar-refractivity contribution >= 4 is 34.4 Å². The predicted molar refractivity (Wildman–Crippen MR) is 130 cm³/mol. The number of nitrogens with two attached hydrogens (primary N) is 2. The van der Waals surface area contributed by atoms with Crippen molar-refractivity contribution < 1.29 is 9.59 Å². The number of hydrogen-bond donors (Lipinski definition) is 2. The van der Waals surface area contributed by atoms with Crippen LogP contribution in [-0.4, -0.2) is 38.1 Å². The Morgan fingerprint density at radius 3 is 2.41 bits per heavy atom. The molecule has 9 heteroatoms. The molecule has 9 nitrogen and oxygen atoms in total. The second kappa shape index (κ2) is 8.11. The van der Waals surface area contributed by atoms with Crippen molar-refractivity contribution in [1.29, 1.82) is 0 Å². The second-order valence-corrected chi connectivity index (χ2v) is 8.35. The van der Waals surface area contributed by atoms with Crippen molar-refractivity contribution in [2.45, 2.75) is 18.4 Å². The van der Waals surface area contributed by atoms with Gasteiger partial charge in [-0.25, -0.2) is 14.6 Å². The highest BCUT2D eigenvalue weighted by atomic mass is 16.2. The van der Waals surface area contributed by atoms with Gasteiger partial charge in [0.05, 0.1) is 17.5 Å². The average molecular weight is 454 g/mol. The molecule has 2 heterocycles. The number of carbonyl (C=O) groups excluding carboxylic acids is 2. The van der Waals surface area contributed by atoms with Crippen molar-refractivity contribution in [3.05, 3.63) is 79.1 Å². The first kappa shape index (κ1) is 21.3. The number of anilines is 2. The number of hydrogen-bond acceptors (Lipinski definition) is 6. The largest absolute Gasteiger partial charge is 0.383 e. The molecule has 2 amide bonds. The molecule has 4 aromatic rings. The number of carbonyl (C=O) groups is 2. The van der Waals surface area contributed by atoms with Gasteiger partial charge in [0.25, 0.3) is 0 Å². The first-order valence-electron chi connectivity index (χ1n) is 10.8. The van der Waals surface area contributed by atoms with E-state index in [4.69, 9.17) is 16.6 Å². The molecular formula is C25H23N7O2. The van der Waals surface area contributed by atoms with E-state index in [1.807, 2.05) is 35.0 Å². The topological polar surface area (TPSA) is 133 Å². The molecule has 1 aliphatic carbocycles. The van der Waals surface area contributed by atoms with Gasteiger partial charge in [-0.3, -0.25) is 9.59 Å². The van der Waals surface area contributed by atoms with E-state index in [1.54, 1.807) is 29.2 Å². The Morgan fingerprint density at radius 1 is 1.09 bits per heavy atom. The summed E-state index contributed by atoms with van der Waals surface area (Å²) in [4.78, 5) is 34.6. The maximum atomic E-state index is 12.8. The van der Waals surface area contributed by atoms with Crippen LogP contribution in [0.25, 0.3) is 22.3 Å². The van der Waals surface area contributed by atoms with Crippen LogP contribution >= 0.6 is 0 Å². The standard InChI is InChI=1S/C25H23N7O2/c1-2-19(33)31(18-6-4-3-5-7-18)14-25(12-13-25)32-24-20(22(26)28-15-29-24)21(30-32)16-8-10-17(11-9-16)23(27)34/h2-11,15H,1,12-14H2,(H2,27,34)(H2,26,28,29). The van der Waals surface area contributed by atoms with Gasteiger partial charge in [-0.05, 0) is 43.2 Å². The van der Waals surface area contributed by atoms with Gasteiger partial charge in [0.15, 0.2) is 5.65 Å². The summed E-state index contributed by atoms with van der Waals surface area (Å²) < 4.78 is 1.87. The molecular weight excluding hydrogens is 430 g/mol. The van der Waals surface area contributed by atoms with Gasteiger partial charge >= 0.3 is 0 Å². The molecule has 4 N–H and O–H groups in total. The number of nitrogen functional groups attached to an aromatic ring is 1. The number of amides is 2. The molecule has 1 saturated carbocycles. The van der Waals surface area contributed by atoms with Crippen LogP contribution in [0.4, 0.5) is 11.5 Å². The smallest absolute Gasteiger partial charge is 0.250 e. The van der Waals surface area contributed by atoms with Crippen molar-refractivity contribution in [3.8, 4) is 11.3 Å². The number of aromatic nitrogens is 4. The summed E-state index contributed by atoms with van der Waals surface area (Å²) in [5.41, 5.74) is 14.3. The number of primary amides is 1. The molecule has 0 radical (unpaired) electrons. The Morgan fingerprint density at radius 2 is 1.79 bits per heavy atom. The second-order valence-electron chi connectivity index (χ2n) is 8.35. The summed E-state index contributed by atoms with van der Waals surface area (Å²) in [6.07, 6.45) is 4.37. The van der Waals surface area contributed by atoms with Gasteiger partial charge in [-0.15, -0.1) is 0 Å². The molecule has 1 fully saturated rings. The minimum Gasteiger partial charge on any atom is -0.383 e. The van der Waals surface area contributed by atoms with E-state index in [-0.39, 0.29) is 5.91 Å². The lowest BCUT2D eigenvalue weighted by atomic mass is 10.1. The zero-order valence-electron chi connectivity index (χ0n) is 18.4. The Labute approximate surface area is 195 Å². The zero-order chi connectivity index (χ0) is 23.9. The van der Waals surface area contributed by atoms with E-state index in [0.29, 0.717) is 34.7 Å². The molecule has 2 aromatic heterocycles. The molecule has 2 aromatic carbocycles. The van der Waals surface area contributed by atoms with Crippen LogP contribution in [0.5, 0.6) is 0 Å². The van der Waals surface area contributed by atoms with Gasteiger partial charge in [0, 0.05) is 16.8 Å². The third-order valence-corrected chi connectivity index (χ3v) is 6.17. The normalized spacial score (nSPS) is 14.0. The average Bonchev–Trinajstić information content (AvgIpc) is 3.53. The molecule has 34 heavy (non-hydrogen) atoms. The summed E-state index contributed by atoms with van der Waals surface area (Å²) in [6, 6.07) is 16.3. The number of para-hydroxylation sites is 1. The van der Waals surface area contributed by atoms with Crippen LogP contribution in [0, 0.1) is 0 Å². The van der Waals surface area contributed by atoms with Crippen LogP contribution in [0.3, 0.4) is 0 Å². The highest BCUT2D eigenvalue weighted by Gasteiger charge is 2.49. The van der Waals surface area contributed by atoms with E-state index < -0.39 is 11.4 Å². The molecule has 0 unspecified atom stereocenters. The van der Waals surface area contributed by atoms with E-state index >= 15 is 0 Å². The molecule has 0 aliphatic heterocycles. The van der Waals surface area contributed by atoms with Crippen molar-refractivity contribution in [2.75, 3.05) is 17.2 Å². The van der Waals surface area contributed by atoms with E-state index in [1.165, 1.54) is 12.4 Å². The molecule has 0 atom stereocenters. The van der Waals surface area contributed by atoms with Crippen LogP contribution in [0.1, 0.15) is 23.2 Å². The predicted octanol–water partition coefficient (Wildman–Crippen LogP) is 2.88. The summed E-state index contributed by atoms with van der Waals surface area (Å²) in [5.74, 6) is -0.386. The number of rotatable bonds is 7. The van der Waals surface area contributed by atoms with Gasteiger partial charge < -0.3 is 16.4 Å². The monoisotopic (exact) mass is 453 g/mol. The maximum absolute atomic E-state index is 12.8. The molecule has 5 rings (SSSR count). The number of nitrogens with zero attached hydrogens (tertiary/aromatic N) is 5. The summed E-state index contributed by atoms with van der Waals surface area (Å²) >= 11 is 0. The quantitative estimate of drug-likeness (QED) is 0.413. The Kier molecular flexibility index (Phi) is 5.09. The lowest BCUT2D eigenvalue weighted by molar-refractivity contribution is -0.114. The van der Waals surface area contributed by atoms with Gasteiger partial charge in [0.1, 0.15) is 17.8 Å². The fourth-order valence-corrected chi connectivity index (χ4v) is 4.19. The van der Waals surface area contributed by atoms with Crippen molar-refractivity contribution in [2.24, 2.45) is 5.73 Å². The van der Waals surface area contributed by atoms with E-state index in [9.17, 15) is 9.59 Å². The third kappa shape index (κ3) is 3.57. The molecule has 170 valence electrons. The van der Waals surface area contributed by atoms with Crippen LogP contribution in [0.15, 0.2) is 73.6 Å². The van der Waals surface area contributed by atoms with Crippen molar-refractivity contribution in [3.63, 3.8) is 0 Å². The Balaban J connectivity index is 1.61. The lowest BCUT2D eigenvalue weighted by Crippen LogP contribution is -2.39. The lowest BCUT2D eigenvalue weighted by Gasteiger charge is -2.27. The van der Waals surface area contributed by atoms with Gasteiger partial charge in [0.2, 0.25) is 11.8 Å². The van der Waals surface area contributed by atoms with Crippen LogP contribution < -0.4 is 16.4 Å². The third-order valence-electron chi connectivity index (χ3n) is 6.17. The Bertz CT molecular complexity index is 1410. The van der Waals surface area contributed by atoms with Gasteiger partial charge in [-0.1, -0.05) is 36.9 Å². The van der Waals surface area contributed by atoms with Crippen LogP contribution in [-0.2, 0) is 10.3 Å². The first-order chi connectivity index (χ1) is 16.4.